The van der Waals surface area contributed by atoms with Gasteiger partial charge >= 0.3 is 0 Å². The number of benzene rings is 2. The third kappa shape index (κ3) is 3.18. The van der Waals surface area contributed by atoms with Gasteiger partial charge in [0.25, 0.3) is 11.8 Å². The minimum atomic E-state index is -0.0938. The van der Waals surface area contributed by atoms with Crippen LogP contribution in [-0.4, -0.2) is 42.5 Å². The number of rotatable bonds is 3. The van der Waals surface area contributed by atoms with E-state index in [1.54, 1.807) is 7.05 Å². The molecule has 27 heavy (non-hydrogen) atoms. The van der Waals surface area contributed by atoms with Crippen LogP contribution in [0.5, 0.6) is 5.75 Å². The molecule has 2 aromatic rings. The monoisotopic (exact) mass is 364 g/mol. The van der Waals surface area contributed by atoms with Crippen LogP contribution in [0, 0.1) is 6.92 Å². The summed E-state index contributed by atoms with van der Waals surface area (Å²) in [7, 11) is 1.62. The molecule has 2 heterocycles. The van der Waals surface area contributed by atoms with E-state index in [4.69, 9.17) is 4.74 Å². The van der Waals surface area contributed by atoms with E-state index >= 15 is 0 Å². The van der Waals surface area contributed by atoms with Crippen molar-refractivity contribution >= 4 is 11.8 Å². The molecule has 2 aliphatic heterocycles. The highest BCUT2D eigenvalue weighted by Crippen LogP contribution is 2.34. The van der Waals surface area contributed by atoms with E-state index in [1.165, 1.54) is 0 Å². The molecular formula is C22H24N2O3. The van der Waals surface area contributed by atoms with Gasteiger partial charge in [-0.05, 0) is 61.2 Å². The fourth-order valence-electron chi connectivity index (χ4n) is 4.00. The zero-order valence-electron chi connectivity index (χ0n) is 15.9. The van der Waals surface area contributed by atoms with E-state index in [2.05, 4.69) is 19.2 Å². The van der Waals surface area contributed by atoms with Gasteiger partial charge < -0.3 is 15.0 Å². The molecule has 2 bridgehead atoms. The van der Waals surface area contributed by atoms with Crippen molar-refractivity contribution in [3.63, 3.8) is 0 Å². The lowest BCUT2D eigenvalue weighted by Crippen LogP contribution is -2.33. The predicted molar refractivity (Wildman–Crippen MR) is 103 cm³/mol. The van der Waals surface area contributed by atoms with Gasteiger partial charge in [0.15, 0.2) is 0 Å². The normalized spacial score (nSPS) is 20.7. The Morgan fingerprint density at radius 1 is 1.26 bits per heavy atom. The summed E-state index contributed by atoms with van der Waals surface area (Å²) in [5, 5.41) is 2.63. The van der Waals surface area contributed by atoms with Gasteiger partial charge in [-0.2, -0.15) is 0 Å². The van der Waals surface area contributed by atoms with Gasteiger partial charge in [-0.25, -0.2) is 0 Å². The Morgan fingerprint density at radius 2 is 2.00 bits per heavy atom. The molecule has 0 radical (unpaired) electrons. The Labute approximate surface area is 159 Å². The maximum Gasteiger partial charge on any atom is 0.257 e. The Morgan fingerprint density at radius 3 is 2.70 bits per heavy atom. The molecule has 4 rings (SSSR count). The van der Waals surface area contributed by atoms with Gasteiger partial charge in [0.2, 0.25) is 0 Å². The SMILES string of the molecule is CNC(=O)c1ccc(Cc2cc3c(cc2C)OC2C[C@H](C)N(C2)C3=O)cc1. The van der Waals surface area contributed by atoms with E-state index in [-0.39, 0.29) is 24.0 Å². The van der Waals surface area contributed by atoms with Crippen LogP contribution in [0.15, 0.2) is 36.4 Å². The summed E-state index contributed by atoms with van der Waals surface area (Å²) in [5.74, 6) is 0.674. The van der Waals surface area contributed by atoms with Gasteiger partial charge in [-0.1, -0.05) is 12.1 Å². The standard InChI is InChI=1S/C22H24N2O3/c1-13-8-20-19(22(26)24-12-18(27-20)9-14(24)2)11-17(13)10-15-4-6-16(7-5-15)21(25)23-3/h4-8,11,14,18H,9-10,12H2,1-3H3,(H,23,25)/t14-,18?/m0/s1. The summed E-state index contributed by atoms with van der Waals surface area (Å²) < 4.78 is 6.12. The number of nitrogens with zero attached hydrogens (tertiary/aromatic N) is 1. The molecule has 0 aliphatic carbocycles. The minimum Gasteiger partial charge on any atom is -0.488 e. The van der Waals surface area contributed by atoms with Crippen molar-refractivity contribution in [3.05, 3.63) is 64.2 Å². The highest BCUT2D eigenvalue weighted by atomic mass is 16.5. The van der Waals surface area contributed by atoms with Crippen LogP contribution in [-0.2, 0) is 6.42 Å². The Balaban J connectivity index is 1.63. The summed E-state index contributed by atoms with van der Waals surface area (Å²) >= 11 is 0. The molecule has 2 amide bonds. The average molecular weight is 364 g/mol. The fraction of sp³-hybridized carbons (Fsp3) is 0.364. The summed E-state index contributed by atoms with van der Waals surface area (Å²) in [6.45, 7) is 4.80. The van der Waals surface area contributed by atoms with Crippen molar-refractivity contribution in [3.8, 4) is 5.75 Å². The summed E-state index contributed by atoms with van der Waals surface area (Å²) in [4.78, 5) is 26.6. The average Bonchev–Trinajstić information content (AvgIpc) is 2.97. The van der Waals surface area contributed by atoms with Crippen molar-refractivity contribution < 1.29 is 14.3 Å². The van der Waals surface area contributed by atoms with Gasteiger partial charge in [0.1, 0.15) is 11.9 Å². The fourth-order valence-corrected chi connectivity index (χ4v) is 4.00. The van der Waals surface area contributed by atoms with E-state index in [1.807, 2.05) is 41.3 Å². The number of amides is 2. The molecule has 5 nitrogen and oxygen atoms in total. The van der Waals surface area contributed by atoms with Crippen LogP contribution in [0.25, 0.3) is 0 Å². The van der Waals surface area contributed by atoms with Crippen LogP contribution < -0.4 is 10.1 Å². The molecule has 0 aromatic heterocycles. The van der Waals surface area contributed by atoms with Crippen LogP contribution in [0.4, 0.5) is 0 Å². The van der Waals surface area contributed by atoms with Crippen LogP contribution in [0.1, 0.15) is 50.8 Å². The first-order chi connectivity index (χ1) is 13.0. The van der Waals surface area contributed by atoms with Crippen molar-refractivity contribution in [2.24, 2.45) is 0 Å². The molecule has 1 fully saturated rings. The Hall–Kier alpha value is -2.82. The molecule has 140 valence electrons. The van der Waals surface area contributed by atoms with Crippen molar-refractivity contribution in [2.45, 2.75) is 38.8 Å². The molecule has 2 aliphatic rings. The molecule has 0 spiro atoms. The lowest BCUT2D eigenvalue weighted by Gasteiger charge is -2.22. The third-order valence-electron chi connectivity index (χ3n) is 5.60. The second-order valence-corrected chi connectivity index (χ2v) is 7.51. The number of fused-ring (bicyclic) bond motifs is 3. The molecule has 2 aromatic carbocycles. The second-order valence-electron chi connectivity index (χ2n) is 7.51. The minimum absolute atomic E-state index is 0.0636. The summed E-state index contributed by atoms with van der Waals surface area (Å²) in [5.41, 5.74) is 4.61. The van der Waals surface area contributed by atoms with E-state index in [9.17, 15) is 9.59 Å². The second kappa shape index (κ2) is 6.72. The zero-order valence-corrected chi connectivity index (χ0v) is 15.9. The summed E-state index contributed by atoms with van der Waals surface area (Å²) in [6, 6.07) is 11.8. The number of carbonyl (C=O) groups is 2. The summed E-state index contributed by atoms with van der Waals surface area (Å²) in [6.07, 6.45) is 1.69. The van der Waals surface area contributed by atoms with Crippen LogP contribution in [0.3, 0.4) is 0 Å². The first kappa shape index (κ1) is 17.6. The highest BCUT2D eigenvalue weighted by Gasteiger charge is 2.38. The Kier molecular flexibility index (Phi) is 4.38. The molecule has 1 saturated heterocycles. The zero-order chi connectivity index (χ0) is 19.1. The molecule has 2 atom stereocenters. The number of hydrogen-bond acceptors (Lipinski definition) is 3. The molecule has 1 unspecified atom stereocenters. The number of hydrogen-bond donors (Lipinski definition) is 1. The molecule has 1 N–H and O–H groups in total. The van der Waals surface area contributed by atoms with E-state index in [0.29, 0.717) is 29.8 Å². The smallest absolute Gasteiger partial charge is 0.257 e. The highest BCUT2D eigenvalue weighted by molar-refractivity contribution is 5.98. The third-order valence-corrected chi connectivity index (χ3v) is 5.60. The Bertz CT molecular complexity index is 905. The van der Waals surface area contributed by atoms with Crippen molar-refractivity contribution in [2.75, 3.05) is 13.6 Å². The molecule has 5 heteroatoms. The lowest BCUT2D eigenvalue weighted by molar-refractivity contribution is 0.0748. The van der Waals surface area contributed by atoms with E-state index in [0.717, 1.165) is 23.1 Å². The molecular weight excluding hydrogens is 340 g/mol. The maximum absolute atomic E-state index is 13.0. The molecule has 0 saturated carbocycles. The first-order valence-corrected chi connectivity index (χ1v) is 9.38. The topological polar surface area (TPSA) is 58.6 Å². The number of nitrogens with one attached hydrogen (secondary N) is 1. The predicted octanol–water partition coefficient (Wildman–Crippen LogP) is 2.94. The largest absolute Gasteiger partial charge is 0.488 e. The van der Waals surface area contributed by atoms with Gasteiger partial charge in [-0.3, -0.25) is 9.59 Å². The van der Waals surface area contributed by atoms with Gasteiger partial charge in [0, 0.05) is 25.1 Å². The van der Waals surface area contributed by atoms with Crippen molar-refractivity contribution in [1.82, 2.24) is 10.2 Å². The van der Waals surface area contributed by atoms with E-state index < -0.39 is 0 Å². The van der Waals surface area contributed by atoms with Crippen LogP contribution in [0.2, 0.25) is 0 Å². The number of ether oxygens (including phenoxy) is 1. The number of aryl methyl sites for hydroxylation is 1. The van der Waals surface area contributed by atoms with Gasteiger partial charge in [-0.15, -0.1) is 0 Å². The van der Waals surface area contributed by atoms with Gasteiger partial charge in [0.05, 0.1) is 12.1 Å². The lowest BCUT2D eigenvalue weighted by atomic mass is 9.96. The maximum atomic E-state index is 13.0. The van der Waals surface area contributed by atoms with Crippen LogP contribution >= 0.6 is 0 Å². The quantitative estimate of drug-likeness (QED) is 0.911. The van der Waals surface area contributed by atoms with Crippen molar-refractivity contribution in [1.29, 1.82) is 0 Å². The first-order valence-electron chi connectivity index (χ1n) is 9.38. The number of carbonyl (C=O) groups excluding carboxylic acids is 2.